The molecule has 0 spiro atoms. The fourth-order valence-electron chi connectivity index (χ4n) is 2.64. The fraction of sp³-hybridized carbons (Fsp3) is 0.111. The van der Waals surface area contributed by atoms with Gasteiger partial charge in [0.05, 0.1) is 7.11 Å². The van der Waals surface area contributed by atoms with Gasteiger partial charge in [0.25, 0.3) is 0 Å². The van der Waals surface area contributed by atoms with Crippen LogP contribution in [0.15, 0.2) is 53.7 Å². The van der Waals surface area contributed by atoms with Crippen molar-refractivity contribution in [2.45, 2.75) is 4.90 Å². The Bertz CT molecular complexity index is 1070. The number of methoxy groups -OCH3 is 1. The van der Waals surface area contributed by atoms with Crippen LogP contribution in [0.5, 0.6) is 5.88 Å². The lowest BCUT2D eigenvalue weighted by molar-refractivity contribution is 0.398. The van der Waals surface area contributed by atoms with Gasteiger partial charge >= 0.3 is 0 Å². The molecule has 0 saturated heterocycles. The van der Waals surface area contributed by atoms with Gasteiger partial charge in [-0.1, -0.05) is 6.07 Å². The summed E-state index contributed by atoms with van der Waals surface area (Å²) in [5, 5.41) is 0. The number of sulfone groups is 1. The van der Waals surface area contributed by atoms with Crippen LogP contribution in [-0.2, 0) is 9.84 Å². The lowest BCUT2D eigenvalue weighted by Crippen LogP contribution is -2.01. The van der Waals surface area contributed by atoms with E-state index in [2.05, 4.69) is 9.97 Å². The number of rotatable bonds is 4. The first kappa shape index (κ1) is 17.8. The van der Waals surface area contributed by atoms with E-state index in [4.69, 9.17) is 10.5 Å². The Hall–Kier alpha value is -3.00. The van der Waals surface area contributed by atoms with Gasteiger partial charge in [-0.25, -0.2) is 22.8 Å². The molecule has 0 fully saturated rings. The van der Waals surface area contributed by atoms with Crippen LogP contribution in [0.2, 0.25) is 0 Å². The lowest BCUT2D eigenvalue weighted by atomic mass is 9.96. The van der Waals surface area contributed by atoms with Gasteiger partial charge in [-0.2, -0.15) is 0 Å². The number of nitrogen functional groups attached to an aromatic ring is 1. The summed E-state index contributed by atoms with van der Waals surface area (Å²) in [6.45, 7) is 0. The zero-order valence-corrected chi connectivity index (χ0v) is 14.9. The maximum absolute atomic E-state index is 14.3. The largest absolute Gasteiger partial charge is 0.481 e. The summed E-state index contributed by atoms with van der Waals surface area (Å²) in [6, 6.07) is 9.08. The van der Waals surface area contributed by atoms with Crippen LogP contribution in [0.3, 0.4) is 0 Å². The summed E-state index contributed by atoms with van der Waals surface area (Å²) >= 11 is 0. The second-order valence-corrected chi connectivity index (χ2v) is 7.61. The number of hydrogen-bond donors (Lipinski definition) is 1. The van der Waals surface area contributed by atoms with Gasteiger partial charge in [-0.05, 0) is 35.4 Å². The highest BCUT2D eigenvalue weighted by molar-refractivity contribution is 7.90. The van der Waals surface area contributed by atoms with E-state index >= 15 is 0 Å². The minimum absolute atomic E-state index is 0.252. The Morgan fingerprint density at radius 1 is 1.08 bits per heavy atom. The molecule has 8 heteroatoms. The lowest BCUT2D eigenvalue weighted by Gasteiger charge is -2.13. The third-order valence-corrected chi connectivity index (χ3v) is 4.99. The van der Waals surface area contributed by atoms with Gasteiger partial charge in [0.1, 0.15) is 16.5 Å². The predicted molar refractivity (Wildman–Crippen MR) is 96.9 cm³/mol. The Kier molecular flexibility index (Phi) is 4.60. The number of benzene rings is 1. The maximum atomic E-state index is 14.3. The molecule has 2 heterocycles. The third kappa shape index (κ3) is 3.36. The van der Waals surface area contributed by atoms with E-state index in [-0.39, 0.29) is 10.7 Å². The highest BCUT2D eigenvalue weighted by Gasteiger charge is 2.17. The van der Waals surface area contributed by atoms with Crippen LogP contribution >= 0.6 is 0 Å². The van der Waals surface area contributed by atoms with Gasteiger partial charge in [0.2, 0.25) is 5.88 Å². The van der Waals surface area contributed by atoms with Crippen LogP contribution in [0.25, 0.3) is 22.3 Å². The van der Waals surface area contributed by atoms with E-state index in [1.165, 1.54) is 31.5 Å². The summed E-state index contributed by atoms with van der Waals surface area (Å²) in [5.41, 5.74) is 8.39. The Balaban J connectivity index is 2.17. The zero-order valence-electron chi connectivity index (χ0n) is 14.1. The van der Waals surface area contributed by atoms with Crippen molar-refractivity contribution >= 4 is 15.7 Å². The van der Waals surface area contributed by atoms with E-state index < -0.39 is 15.7 Å². The molecular formula is C18H16FN3O3S. The van der Waals surface area contributed by atoms with Crippen LogP contribution in [0.4, 0.5) is 10.2 Å². The Morgan fingerprint density at radius 3 is 2.38 bits per heavy atom. The molecule has 134 valence electrons. The second kappa shape index (κ2) is 6.72. The predicted octanol–water partition coefficient (Wildman–Crippen LogP) is 2.94. The first-order chi connectivity index (χ1) is 12.3. The van der Waals surface area contributed by atoms with Gasteiger partial charge in [-0.15, -0.1) is 0 Å². The molecule has 0 amide bonds. The van der Waals surface area contributed by atoms with Crippen molar-refractivity contribution in [1.29, 1.82) is 0 Å². The summed E-state index contributed by atoms with van der Waals surface area (Å²) in [5.74, 6) is -0.123. The van der Waals surface area contributed by atoms with Crippen molar-refractivity contribution in [2.75, 3.05) is 19.1 Å². The first-order valence-corrected chi connectivity index (χ1v) is 9.45. The molecule has 1 aromatic carbocycles. The molecule has 0 unspecified atom stereocenters. The summed E-state index contributed by atoms with van der Waals surface area (Å²) in [4.78, 5) is 7.90. The fourth-order valence-corrected chi connectivity index (χ4v) is 3.37. The molecule has 0 atom stereocenters. The molecule has 0 aliphatic carbocycles. The van der Waals surface area contributed by atoms with Crippen molar-refractivity contribution in [3.05, 3.63) is 54.6 Å². The van der Waals surface area contributed by atoms with Crippen LogP contribution in [0.1, 0.15) is 0 Å². The van der Waals surface area contributed by atoms with Gasteiger partial charge < -0.3 is 10.5 Å². The SMILES string of the molecule is COc1ccc(-c2c(-c3ccc(S(C)(=O)=O)c(F)c3)ccnc2N)cn1. The zero-order chi connectivity index (χ0) is 18.9. The van der Waals surface area contributed by atoms with Gasteiger partial charge in [0.15, 0.2) is 9.84 Å². The Morgan fingerprint density at radius 2 is 1.81 bits per heavy atom. The number of aromatic nitrogens is 2. The molecule has 0 bridgehead atoms. The molecule has 0 saturated carbocycles. The first-order valence-electron chi connectivity index (χ1n) is 7.56. The molecule has 0 aliphatic heterocycles. The summed E-state index contributed by atoms with van der Waals surface area (Å²) in [7, 11) is -2.13. The average molecular weight is 373 g/mol. The van der Waals surface area contributed by atoms with Crippen molar-refractivity contribution < 1.29 is 17.5 Å². The highest BCUT2D eigenvalue weighted by Crippen LogP contribution is 2.36. The van der Waals surface area contributed by atoms with E-state index in [0.717, 1.165) is 6.26 Å². The van der Waals surface area contributed by atoms with Crippen molar-refractivity contribution in [2.24, 2.45) is 0 Å². The van der Waals surface area contributed by atoms with Crippen molar-refractivity contribution in [3.8, 4) is 28.1 Å². The minimum atomic E-state index is -3.65. The smallest absolute Gasteiger partial charge is 0.212 e. The molecule has 2 aromatic heterocycles. The normalized spacial score (nSPS) is 11.3. The Labute approximate surface area is 150 Å². The number of nitrogens with two attached hydrogens (primary N) is 1. The average Bonchev–Trinajstić information content (AvgIpc) is 2.60. The number of pyridine rings is 2. The maximum Gasteiger partial charge on any atom is 0.212 e. The number of hydrogen-bond acceptors (Lipinski definition) is 6. The van der Waals surface area contributed by atoms with E-state index in [1.807, 2.05) is 0 Å². The number of ether oxygens (including phenoxy) is 1. The molecule has 6 nitrogen and oxygen atoms in total. The molecule has 0 radical (unpaired) electrons. The van der Waals surface area contributed by atoms with E-state index in [1.54, 1.807) is 24.4 Å². The standard InChI is InChI=1S/C18H16FN3O3S/c1-25-16-6-4-12(10-22-16)17-13(7-8-21-18(17)20)11-3-5-15(14(19)9-11)26(2,23)24/h3-10H,1-2H3,(H2,20,21). The van der Waals surface area contributed by atoms with Gasteiger partial charge in [-0.3, -0.25) is 0 Å². The highest BCUT2D eigenvalue weighted by atomic mass is 32.2. The number of halogens is 1. The molecule has 3 aromatic rings. The van der Waals surface area contributed by atoms with Crippen molar-refractivity contribution in [3.63, 3.8) is 0 Å². The molecule has 0 aliphatic rings. The molecule has 2 N–H and O–H groups in total. The third-order valence-electron chi connectivity index (χ3n) is 3.86. The van der Waals surface area contributed by atoms with Gasteiger partial charge in [0, 0.05) is 35.8 Å². The van der Waals surface area contributed by atoms with Crippen molar-refractivity contribution in [1.82, 2.24) is 9.97 Å². The molecule has 26 heavy (non-hydrogen) atoms. The van der Waals surface area contributed by atoms with Crippen LogP contribution < -0.4 is 10.5 Å². The monoisotopic (exact) mass is 373 g/mol. The van der Waals surface area contributed by atoms with Crippen LogP contribution in [0, 0.1) is 5.82 Å². The van der Waals surface area contributed by atoms with E-state index in [0.29, 0.717) is 28.1 Å². The number of anilines is 1. The minimum Gasteiger partial charge on any atom is -0.481 e. The number of nitrogens with zero attached hydrogens (tertiary/aromatic N) is 2. The quantitative estimate of drug-likeness (QED) is 0.755. The molecular weight excluding hydrogens is 357 g/mol. The summed E-state index contributed by atoms with van der Waals surface area (Å²) < 4.78 is 42.6. The summed E-state index contributed by atoms with van der Waals surface area (Å²) in [6.07, 6.45) is 4.05. The topological polar surface area (TPSA) is 95.2 Å². The van der Waals surface area contributed by atoms with Crippen LogP contribution in [-0.4, -0.2) is 31.8 Å². The molecule has 3 rings (SSSR count). The van der Waals surface area contributed by atoms with E-state index in [9.17, 15) is 12.8 Å². The second-order valence-electron chi connectivity index (χ2n) is 5.63.